The molecule has 0 amide bonds. The highest BCUT2D eigenvalue weighted by Crippen LogP contribution is 2.25. The second kappa shape index (κ2) is 5.11. The summed E-state index contributed by atoms with van der Waals surface area (Å²) in [6, 6.07) is 0. The molecule has 1 saturated carbocycles. The number of carbonyl (C=O) groups excluding carboxylic acids is 1. The summed E-state index contributed by atoms with van der Waals surface area (Å²) in [4.78, 5) is 14.0. The van der Waals surface area contributed by atoms with Gasteiger partial charge in [0.15, 0.2) is 5.78 Å². The summed E-state index contributed by atoms with van der Waals surface area (Å²) in [5.41, 5.74) is 0. The fourth-order valence-electron chi connectivity index (χ4n) is 1.88. The molecule has 0 aliphatic heterocycles. The molecule has 0 bridgehead atoms. The van der Waals surface area contributed by atoms with Crippen LogP contribution in [0.2, 0.25) is 0 Å². The van der Waals surface area contributed by atoms with Crippen LogP contribution in [-0.2, 0) is 4.79 Å². The summed E-state index contributed by atoms with van der Waals surface area (Å²) in [6.45, 7) is 0.904. The first-order chi connectivity index (χ1) is 6.11. The normalized spacial score (nSPS) is 30.6. The third-order valence-corrected chi connectivity index (χ3v) is 3.47. The third kappa shape index (κ3) is 3.39. The standard InChI is InChI=1S/C10H18BrNO/c1-12(2)7-8-5-3-4-6-9(11)10(8)13/h8-9H,3-7H2,1-2H3/t8-,9+/m0/s1. The number of halogens is 1. The van der Waals surface area contributed by atoms with Crippen molar-refractivity contribution in [3.63, 3.8) is 0 Å². The second-order valence-corrected chi connectivity index (χ2v) is 5.22. The highest BCUT2D eigenvalue weighted by Gasteiger charge is 2.27. The predicted octanol–water partition coefficient (Wildman–Crippen LogP) is 2.07. The van der Waals surface area contributed by atoms with Crippen molar-refractivity contribution in [3.05, 3.63) is 0 Å². The third-order valence-electron chi connectivity index (χ3n) is 2.56. The molecule has 0 N–H and O–H groups in total. The summed E-state index contributed by atoms with van der Waals surface area (Å²) < 4.78 is 0. The number of hydrogen-bond acceptors (Lipinski definition) is 2. The van der Waals surface area contributed by atoms with Gasteiger partial charge in [0.25, 0.3) is 0 Å². The van der Waals surface area contributed by atoms with Gasteiger partial charge in [0.05, 0.1) is 4.83 Å². The van der Waals surface area contributed by atoms with E-state index in [0.29, 0.717) is 5.78 Å². The molecule has 2 atom stereocenters. The molecule has 13 heavy (non-hydrogen) atoms. The molecule has 0 aromatic carbocycles. The maximum atomic E-state index is 11.8. The first-order valence-corrected chi connectivity index (χ1v) is 5.85. The predicted molar refractivity (Wildman–Crippen MR) is 58.2 cm³/mol. The van der Waals surface area contributed by atoms with Gasteiger partial charge in [0, 0.05) is 12.5 Å². The van der Waals surface area contributed by atoms with Crippen molar-refractivity contribution in [2.75, 3.05) is 20.6 Å². The van der Waals surface area contributed by atoms with E-state index in [1.54, 1.807) is 0 Å². The van der Waals surface area contributed by atoms with Gasteiger partial charge in [-0.2, -0.15) is 0 Å². The smallest absolute Gasteiger partial charge is 0.150 e. The zero-order valence-corrected chi connectivity index (χ0v) is 10.0. The molecule has 1 fully saturated rings. The molecule has 1 rings (SSSR count). The van der Waals surface area contributed by atoms with Crippen LogP contribution in [0.5, 0.6) is 0 Å². The first kappa shape index (κ1) is 11.2. The Labute approximate surface area is 88.8 Å². The lowest BCUT2D eigenvalue weighted by atomic mass is 9.99. The van der Waals surface area contributed by atoms with E-state index in [0.717, 1.165) is 19.4 Å². The van der Waals surface area contributed by atoms with Crippen LogP contribution in [0.1, 0.15) is 25.7 Å². The molecule has 0 heterocycles. The van der Waals surface area contributed by atoms with Gasteiger partial charge in [-0.1, -0.05) is 28.8 Å². The van der Waals surface area contributed by atoms with Crippen LogP contribution in [0.15, 0.2) is 0 Å². The number of Topliss-reactive ketones (excluding diaryl/α,β-unsaturated/α-hetero) is 1. The van der Waals surface area contributed by atoms with E-state index in [1.807, 2.05) is 14.1 Å². The van der Waals surface area contributed by atoms with Crippen LogP contribution >= 0.6 is 15.9 Å². The second-order valence-electron chi connectivity index (χ2n) is 4.11. The molecule has 3 heteroatoms. The first-order valence-electron chi connectivity index (χ1n) is 4.94. The highest BCUT2D eigenvalue weighted by molar-refractivity contribution is 9.10. The maximum absolute atomic E-state index is 11.8. The number of nitrogens with zero attached hydrogens (tertiary/aromatic N) is 1. The Kier molecular flexibility index (Phi) is 4.39. The van der Waals surface area contributed by atoms with Crippen molar-refractivity contribution in [2.24, 2.45) is 5.92 Å². The van der Waals surface area contributed by atoms with Crippen LogP contribution in [0, 0.1) is 5.92 Å². The van der Waals surface area contributed by atoms with Gasteiger partial charge in [-0.05, 0) is 26.9 Å². The Morgan fingerprint density at radius 3 is 2.62 bits per heavy atom. The molecule has 0 radical (unpaired) electrons. The molecule has 76 valence electrons. The van der Waals surface area contributed by atoms with Crippen LogP contribution in [0.25, 0.3) is 0 Å². The minimum Gasteiger partial charge on any atom is -0.309 e. The van der Waals surface area contributed by atoms with Crippen molar-refractivity contribution < 1.29 is 4.79 Å². The Balaban J connectivity index is 2.54. The van der Waals surface area contributed by atoms with Gasteiger partial charge < -0.3 is 4.90 Å². The summed E-state index contributed by atoms with van der Waals surface area (Å²) in [7, 11) is 4.06. The zero-order valence-electron chi connectivity index (χ0n) is 8.42. The van der Waals surface area contributed by atoms with Crippen LogP contribution in [0.4, 0.5) is 0 Å². The molecule has 0 saturated heterocycles. The van der Waals surface area contributed by atoms with Crippen LogP contribution in [0.3, 0.4) is 0 Å². The van der Waals surface area contributed by atoms with Crippen LogP contribution < -0.4 is 0 Å². The Morgan fingerprint density at radius 1 is 1.38 bits per heavy atom. The van der Waals surface area contributed by atoms with Gasteiger partial charge in [-0.15, -0.1) is 0 Å². The van der Waals surface area contributed by atoms with E-state index in [9.17, 15) is 4.79 Å². The van der Waals surface area contributed by atoms with E-state index in [2.05, 4.69) is 20.8 Å². The lowest BCUT2D eigenvalue weighted by molar-refractivity contribution is -0.122. The van der Waals surface area contributed by atoms with E-state index in [1.165, 1.54) is 12.8 Å². The molecule has 1 aliphatic rings. The van der Waals surface area contributed by atoms with Crippen molar-refractivity contribution in [2.45, 2.75) is 30.5 Å². The van der Waals surface area contributed by atoms with Gasteiger partial charge in [-0.3, -0.25) is 4.79 Å². The fraction of sp³-hybridized carbons (Fsp3) is 0.900. The number of carbonyl (C=O) groups is 1. The average Bonchev–Trinajstić information content (AvgIpc) is 2.19. The van der Waals surface area contributed by atoms with Gasteiger partial charge in [-0.25, -0.2) is 0 Å². The van der Waals surface area contributed by atoms with E-state index >= 15 is 0 Å². The van der Waals surface area contributed by atoms with Crippen molar-refractivity contribution in [3.8, 4) is 0 Å². The SMILES string of the molecule is CN(C)C[C@@H]1CCCC[C@@H](Br)C1=O. The lowest BCUT2D eigenvalue weighted by Crippen LogP contribution is -2.31. The molecular weight excluding hydrogens is 230 g/mol. The average molecular weight is 248 g/mol. The number of hydrogen-bond donors (Lipinski definition) is 0. The Morgan fingerprint density at radius 2 is 2.00 bits per heavy atom. The highest BCUT2D eigenvalue weighted by atomic mass is 79.9. The lowest BCUT2D eigenvalue weighted by Gasteiger charge is -2.19. The topological polar surface area (TPSA) is 20.3 Å². The van der Waals surface area contributed by atoms with E-state index in [-0.39, 0.29) is 10.7 Å². The van der Waals surface area contributed by atoms with Crippen LogP contribution in [-0.4, -0.2) is 36.2 Å². The van der Waals surface area contributed by atoms with Gasteiger partial charge in [0.1, 0.15) is 0 Å². The number of rotatable bonds is 2. The van der Waals surface area contributed by atoms with E-state index in [4.69, 9.17) is 0 Å². The largest absolute Gasteiger partial charge is 0.309 e. The van der Waals surface area contributed by atoms with Gasteiger partial charge in [0.2, 0.25) is 0 Å². The molecular formula is C10H18BrNO. The molecule has 2 nitrogen and oxygen atoms in total. The molecule has 1 aliphatic carbocycles. The minimum atomic E-state index is 0.111. The Hall–Kier alpha value is 0.110. The van der Waals surface area contributed by atoms with Gasteiger partial charge >= 0.3 is 0 Å². The summed E-state index contributed by atoms with van der Waals surface area (Å²) >= 11 is 3.47. The van der Waals surface area contributed by atoms with E-state index < -0.39 is 0 Å². The monoisotopic (exact) mass is 247 g/mol. The van der Waals surface area contributed by atoms with Crippen molar-refractivity contribution in [1.82, 2.24) is 4.90 Å². The minimum absolute atomic E-state index is 0.111. The molecule has 0 aromatic rings. The maximum Gasteiger partial charge on any atom is 0.150 e. The Bertz CT molecular complexity index is 182. The molecule has 0 aromatic heterocycles. The summed E-state index contributed by atoms with van der Waals surface area (Å²) in [6.07, 6.45) is 4.47. The summed E-state index contributed by atoms with van der Waals surface area (Å²) in [5.74, 6) is 0.660. The molecule has 0 spiro atoms. The number of alkyl halides is 1. The zero-order chi connectivity index (χ0) is 9.84. The van der Waals surface area contributed by atoms with Crippen molar-refractivity contribution >= 4 is 21.7 Å². The fourth-order valence-corrected chi connectivity index (χ4v) is 2.57. The summed E-state index contributed by atoms with van der Waals surface area (Å²) in [5, 5.41) is 0. The molecule has 0 unspecified atom stereocenters. The van der Waals surface area contributed by atoms with Crippen molar-refractivity contribution in [1.29, 1.82) is 0 Å². The quantitative estimate of drug-likeness (QED) is 0.550. The number of ketones is 1.